The van der Waals surface area contributed by atoms with Gasteiger partial charge in [0.1, 0.15) is 11.9 Å². The van der Waals surface area contributed by atoms with E-state index in [-0.39, 0.29) is 6.61 Å². The number of anilines is 1. The lowest BCUT2D eigenvalue weighted by Gasteiger charge is -2.29. The van der Waals surface area contributed by atoms with Gasteiger partial charge in [0.25, 0.3) is 0 Å². The van der Waals surface area contributed by atoms with Gasteiger partial charge in [0.2, 0.25) is 5.95 Å². The van der Waals surface area contributed by atoms with Gasteiger partial charge in [-0.25, -0.2) is 9.48 Å². The lowest BCUT2D eigenvalue weighted by molar-refractivity contribution is -0.138. The molecule has 8 nitrogen and oxygen atoms in total. The van der Waals surface area contributed by atoms with Crippen LogP contribution in [-0.4, -0.2) is 41.6 Å². The van der Waals surface area contributed by atoms with E-state index in [2.05, 4.69) is 15.4 Å². The van der Waals surface area contributed by atoms with E-state index in [1.54, 1.807) is 25.8 Å². The van der Waals surface area contributed by atoms with Crippen molar-refractivity contribution < 1.29 is 19.0 Å². The lowest BCUT2D eigenvalue weighted by atomic mass is 9.92. The first-order valence-electron chi connectivity index (χ1n) is 9.96. The van der Waals surface area contributed by atoms with Gasteiger partial charge < -0.3 is 19.5 Å². The van der Waals surface area contributed by atoms with Gasteiger partial charge in [-0.1, -0.05) is 36.4 Å². The average Bonchev–Trinajstić information content (AvgIpc) is 3.17. The molecule has 0 unspecified atom stereocenters. The Kier molecular flexibility index (Phi) is 5.62. The molecule has 3 aromatic rings. The van der Waals surface area contributed by atoms with Crippen LogP contribution in [0.2, 0.25) is 0 Å². The number of carbonyl (C=O) groups is 1. The number of carbonyl (C=O) groups excluding carboxylic acids is 1. The zero-order chi connectivity index (χ0) is 22.0. The summed E-state index contributed by atoms with van der Waals surface area (Å²) in [6.45, 7) is 3.85. The zero-order valence-electron chi connectivity index (χ0n) is 17.9. The van der Waals surface area contributed by atoms with Crippen LogP contribution < -0.4 is 14.8 Å². The van der Waals surface area contributed by atoms with Crippen molar-refractivity contribution in [2.24, 2.45) is 0 Å². The summed E-state index contributed by atoms with van der Waals surface area (Å²) >= 11 is 0. The molecular formula is C23H24N4O4. The van der Waals surface area contributed by atoms with Gasteiger partial charge in [0.15, 0.2) is 11.5 Å². The maximum absolute atomic E-state index is 13.2. The molecule has 0 spiro atoms. The molecule has 1 aliphatic rings. The summed E-state index contributed by atoms with van der Waals surface area (Å²) in [6, 6.07) is 14.6. The topological polar surface area (TPSA) is 87.5 Å². The minimum absolute atomic E-state index is 0.256. The number of ether oxygens (including phenoxy) is 3. The van der Waals surface area contributed by atoms with E-state index in [1.807, 2.05) is 55.5 Å². The maximum Gasteiger partial charge on any atom is 0.338 e. The predicted molar refractivity (Wildman–Crippen MR) is 116 cm³/mol. The van der Waals surface area contributed by atoms with E-state index in [0.29, 0.717) is 34.5 Å². The number of methoxy groups -OCH3 is 2. The molecule has 0 amide bonds. The molecule has 1 aromatic heterocycles. The van der Waals surface area contributed by atoms with E-state index in [9.17, 15) is 4.79 Å². The number of nitrogens with zero attached hydrogens (tertiary/aromatic N) is 3. The molecule has 160 valence electrons. The highest BCUT2D eigenvalue weighted by atomic mass is 16.5. The van der Waals surface area contributed by atoms with Crippen LogP contribution in [0.5, 0.6) is 11.5 Å². The largest absolute Gasteiger partial charge is 0.493 e. The van der Waals surface area contributed by atoms with Crippen LogP contribution in [0.3, 0.4) is 0 Å². The third-order valence-corrected chi connectivity index (χ3v) is 5.04. The number of rotatable bonds is 6. The second-order valence-corrected chi connectivity index (χ2v) is 6.94. The predicted octanol–water partition coefficient (Wildman–Crippen LogP) is 3.59. The molecule has 8 heteroatoms. The van der Waals surface area contributed by atoms with Gasteiger partial charge >= 0.3 is 5.97 Å². The average molecular weight is 420 g/mol. The standard InChI is InChI=1S/C23H24N4O4/c1-5-31-22(28)19-20(15-9-7-6-8-10-15)25-23-24-14(2)26-27(23)21(19)16-11-12-17(29-3)18(13-16)30-4/h6-13,21H,5H2,1-4H3,(H,24,25,26)/t21-/m1/s1. The van der Waals surface area contributed by atoms with Gasteiger partial charge in [-0.15, -0.1) is 0 Å². The molecule has 0 saturated carbocycles. The zero-order valence-corrected chi connectivity index (χ0v) is 17.9. The molecule has 0 saturated heterocycles. The first-order chi connectivity index (χ1) is 15.1. The Bertz CT molecular complexity index is 1140. The molecule has 2 aromatic carbocycles. The quantitative estimate of drug-likeness (QED) is 0.610. The third-order valence-electron chi connectivity index (χ3n) is 5.04. The molecular weight excluding hydrogens is 396 g/mol. The molecule has 2 heterocycles. The van der Waals surface area contributed by atoms with Crippen molar-refractivity contribution in [3.8, 4) is 11.5 Å². The summed E-state index contributed by atoms with van der Waals surface area (Å²) in [4.78, 5) is 17.7. The molecule has 1 N–H and O–H groups in total. The first kappa shape index (κ1) is 20.5. The Balaban J connectivity index is 1.98. The molecule has 31 heavy (non-hydrogen) atoms. The van der Waals surface area contributed by atoms with Crippen LogP contribution in [0.25, 0.3) is 5.70 Å². The number of hydrogen-bond donors (Lipinski definition) is 1. The minimum atomic E-state index is -0.563. The highest BCUT2D eigenvalue weighted by molar-refractivity contribution is 6.02. The van der Waals surface area contributed by atoms with Crippen LogP contribution in [0.15, 0.2) is 54.1 Å². The van der Waals surface area contributed by atoms with Crippen LogP contribution in [0.1, 0.15) is 29.9 Å². The van der Waals surface area contributed by atoms with Gasteiger partial charge in [0, 0.05) is 0 Å². The summed E-state index contributed by atoms with van der Waals surface area (Å²) in [5, 5.41) is 7.84. The third kappa shape index (κ3) is 3.72. The molecule has 4 rings (SSSR count). The van der Waals surface area contributed by atoms with E-state index < -0.39 is 12.0 Å². The van der Waals surface area contributed by atoms with Crippen LogP contribution in [-0.2, 0) is 9.53 Å². The van der Waals surface area contributed by atoms with Crippen molar-refractivity contribution in [2.75, 3.05) is 26.1 Å². The van der Waals surface area contributed by atoms with E-state index in [0.717, 1.165) is 11.1 Å². The van der Waals surface area contributed by atoms with Crippen molar-refractivity contribution in [1.29, 1.82) is 0 Å². The highest BCUT2D eigenvalue weighted by Gasteiger charge is 2.37. The smallest absolute Gasteiger partial charge is 0.338 e. The number of fused-ring (bicyclic) bond motifs is 1. The highest BCUT2D eigenvalue weighted by Crippen LogP contribution is 2.41. The number of aryl methyl sites for hydroxylation is 1. The fourth-order valence-electron chi connectivity index (χ4n) is 3.72. The van der Waals surface area contributed by atoms with E-state index in [1.165, 1.54) is 0 Å². The fourth-order valence-corrected chi connectivity index (χ4v) is 3.72. The Morgan fingerprint density at radius 2 is 1.84 bits per heavy atom. The van der Waals surface area contributed by atoms with Crippen molar-refractivity contribution in [3.63, 3.8) is 0 Å². The Morgan fingerprint density at radius 1 is 1.10 bits per heavy atom. The van der Waals surface area contributed by atoms with Crippen molar-refractivity contribution in [2.45, 2.75) is 19.9 Å². The number of benzene rings is 2. The summed E-state index contributed by atoms with van der Waals surface area (Å²) in [6.07, 6.45) is 0. The summed E-state index contributed by atoms with van der Waals surface area (Å²) < 4.78 is 18.0. The molecule has 0 radical (unpaired) electrons. The van der Waals surface area contributed by atoms with Gasteiger partial charge in [-0.3, -0.25) is 0 Å². The maximum atomic E-state index is 13.2. The van der Waals surface area contributed by atoms with Gasteiger partial charge in [-0.2, -0.15) is 10.1 Å². The van der Waals surface area contributed by atoms with E-state index >= 15 is 0 Å². The summed E-state index contributed by atoms with van der Waals surface area (Å²) in [5.74, 6) is 1.86. The van der Waals surface area contributed by atoms with Crippen molar-refractivity contribution in [3.05, 3.63) is 71.1 Å². The number of hydrogen-bond acceptors (Lipinski definition) is 7. The number of aromatic nitrogens is 3. The molecule has 0 aliphatic carbocycles. The number of nitrogens with one attached hydrogen (secondary N) is 1. The van der Waals surface area contributed by atoms with Gasteiger partial charge in [0.05, 0.1) is 32.1 Å². The van der Waals surface area contributed by atoms with Crippen LogP contribution >= 0.6 is 0 Å². The normalized spacial score (nSPS) is 15.2. The SMILES string of the molecule is CCOC(=O)C1=C(c2ccccc2)Nc2nc(C)nn2[C@@H]1c1ccc(OC)c(OC)c1. The van der Waals surface area contributed by atoms with E-state index in [4.69, 9.17) is 14.2 Å². The second-order valence-electron chi connectivity index (χ2n) is 6.94. The fraction of sp³-hybridized carbons (Fsp3) is 0.261. The number of esters is 1. The Hall–Kier alpha value is -3.81. The molecule has 1 atom stereocenters. The minimum Gasteiger partial charge on any atom is -0.493 e. The molecule has 1 aliphatic heterocycles. The Morgan fingerprint density at radius 3 is 2.52 bits per heavy atom. The Labute approximate surface area is 180 Å². The van der Waals surface area contributed by atoms with Gasteiger partial charge in [-0.05, 0) is 37.1 Å². The first-order valence-corrected chi connectivity index (χ1v) is 9.96. The monoisotopic (exact) mass is 420 g/mol. The summed E-state index contributed by atoms with van der Waals surface area (Å²) in [7, 11) is 3.16. The van der Waals surface area contributed by atoms with Crippen molar-refractivity contribution in [1.82, 2.24) is 14.8 Å². The van der Waals surface area contributed by atoms with Crippen LogP contribution in [0, 0.1) is 6.92 Å². The van der Waals surface area contributed by atoms with Crippen LogP contribution in [0.4, 0.5) is 5.95 Å². The molecule has 0 bridgehead atoms. The van der Waals surface area contributed by atoms with Crippen molar-refractivity contribution >= 4 is 17.6 Å². The second kappa shape index (κ2) is 8.51. The molecule has 0 fully saturated rings. The lowest BCUT2D eigenvalue weighted by Crippen LogP contribution is -2.30. The summed E-state index contributed by atoms with van der Waals surface area (Å²) in [5.41, 5.74) is 2.72.